The molecule has 0 rings (SSSR count). The van der Waals surface area contributed by atoms with E-state index in [9.17, 15) is 0 Å². The maximum absolute atomic E-state index is 8.05. The lowest BCUT2D eigenvalue weighted by Crippen LogP contribution is -2.07. The zero-order valence-corrected chi connectivity index (χ0v) is 20.8. The zero-order chi connectivity index (χ0) is 23.8. The third-order valence-corrected chi connectivity index (χ3v) is 1.96. The maximum atomic E-state index is 8.05. The van der Waals surface area contributed by atoms with E-state index < -0.39 is 0 Å². The van der Waals surface area contributed by atoms with Gasteiger partial charge in [-0.05, 0) is 44.2 Å². The van der Waals surface area contributed by atoms with Crippen LogP contribution in [0.3, 0.4) is 0 Å². The summed E-state index contributed by atoms with van der Waals surface area (Å²) in [4.78, 5) is 10.9. The summed E-state index contributed by atoms with van der Waals surface area (Å²) >= 11 is 4.19. The van der Waals surface area contributed by atoms with Crippen molar-refractivity contribution in [2.45, 2.75) is 48.5 Å². The van der Waals surface area contributed by atoms with Gasteiger partial charge < -0.3 is 20.1 Å². The lowest BCUT2D eigenvalue weighted by molar-refractivity contribution is -0.0979. The quantitative estimate of drug-likeness (QED) is 0.287. The van der Waals surface area contributed by atoms with Gasteiger partial charge in [-0.3, -0.25) is 0 Å². The van der Waals surface area contributed by atoms with Crippen molar-refractivity contribution in [1.29, 1.82) is 0 Å². The topological polar surface area (TPSA) is 52.6 Å². The molecule has 5 heteroatoms. The number of nitrogens with one attached hydrogen (secondary N) is 1. The molecule has 0 fully saturated rings. The molecule has 4 nitrogen and oxygen atoms in total. The fourth-order valence-electron chi connectivity index (χ4n) is 0.427. The summed E-state index contributed by atoms with van der Waals surface area (Å²) < 4.78 is 0. The van der Waals surface area contributed by atoms with Crippen LogP contribution in [0.5, 0.6) is 0 Å². The van der Waals surface area contributed by atoms with Gasteiger partial charge in [-0.15, -0.1) is 12.6 Å². The van der Waals surface area contributed by atoms with Gasteiger partial charge in [0.2, 0.25) is 0 Å². The van der Waals surface area contributed by atoms with Crippen LogP contribution in [0.15, 0.2) is 60.4 Å². The predicted octanol–water partition coefficient (Wildman–Crippen LogP) is 6.42. The van der Waals surface area contributed by atoms with Crippen molar-refractivity contribution >= 4 is 19.4 Å². The number of thiol groups is 1. The summed E-state index contributed by atoms with van der Waals surface area (Å²) in [7, 11) is 7.67. The molecule has 0 spiro atoms. The normalized spacial score (nSPS) is 7.63. The third kappa shape index (κ3) is 94.7. The van der Waals surface area contributed by atoms with E-state index in [0.29, 0.717) is 0 Å². The van der Waals surface area contributed by atoms with E-state index in [1.54, 1.807) is 0 Å². The number of hydrogen-bond donors (Lipinski definition) is 3. The van der Waals surface area contributed by atoms with Crippen LogP contribution in [0, 0.1) is 0 Å². The van der Waals surface area contributed by atoms with E-state index >= 15 is 0 Å². The SMILES string of the molecule is C=C(/C=C\C(S)=C/C)N(C)C.C=CC(=C)O.C=O.CC.CC.CC.CNC. The van der Waals surface area contributed by atoms with Crippen LogP contribution in [0.2, 0.25) is 0 Å². The molecule has 0 aromatic carbocycles. The van der Waals surface area contributed by atoms with Crippen LogP contribution >= 0.6 is 12.6 Å². The Morgan fingerprint density at radius 2 is 1.22 bits per heavy atom. The first-order valence-electron chi connectivity index (χ1n) is 9.03. The van der Waals surface area contributed by atoms with Crippen molar-refractivity contribution in [2.24, 2.45) is 0 Å². The van der Waals surface area contributed by atoms with E-state index in [1.807, 2.05) is 107 Å². The average Bonchev–Trinajstić information content (AvgIpc) is 2.72. The van der Waals surface area contributed by atoms with Gasteiger partial charge in [0.25, 0.3) is 0 Å². The molecule has 27 heavy (non-hydrogen) atoms. The first-order chi connectivity index (χ1) is 12.8. The number of aliphatic hydroxyl groups is 1. The third-order valence-electron chi connectivity index (χ3n) is 1.55. The van der Waals surface area contributed by atoms with Crippen molar-refractivity contribution in [3.05, 3.63) is 60.4 Å². The van der Waals surface area contributed by atoms with Gasteiger partial charge in [0.1, 0.15) is 12.5 Å². The second-order valence-corrected chi connectivity index (χ2v) is 4.14. The largest absolute Gasteiger partial charge is 0.509 e. The van der Waals surface area contributed by atoms with Gasteiger partial charge in [-0.2, -0.15) is 0 Å². The molecule has 0 aromatic rings. The highest BCUT2D eigenvalue weighted by Crippen LogP contribution is 2.04. The minimum absolute atomic E-state index is 0.0185. The van der Waals surface area contributed by atoms with Crippen LogP contribution in [-0.2, 0) is 4.79 Å². The molecule has 0 aliphatic rings. The van der Waals surface area contributed by atoms with Gasteiger partial charge in [-0.25, -0.2) is 0 Å². The molecule has 0 heterocycles. The van der Waals surface area contributed by atoms with E-state index in [4.69, 9.17) is 9.90 Å². The van der Waals surface area contributed by atoms with Crippen LogP contribution < -0.4 is 5.32 Å². The molecule has 0 amide bonds. The van der Waals surface area contributed by atoms with Crippen molar-refractivity contribution in [2.75, 3.05) is 28.2 Å². The molecule has 164 valence electrons. The Bertz CT molecular complexity index is 337. The van der Waals surface area contributed by atoms with Gasteiger partial charge >= 0.3 is 0 Å². The standard InChI is InChI=1S/C9H15NS.C4H6O.C2H7N.3C2H6.CH2O/c1-5-9(11)7-6-8(2)10(3)4;1-3-4(2)5;1-3-2;4*1-2/h5-7,11H,2H2,1,3-4H3;3,5H,1-2H2;3H,1-2H3;3*1-2H3;1H2/b7-6-,9-5+;;;;;;. The first kappa shape index (κ1) is 44.6. The Morgan fingerprint density at radius 1 is 0.963 bits per heavy atom. The molecule has 0 aliphatic carbocycles. The molecule has 0 saturated heterocycles. The number of nitrogens with zero attached hydrogens (tertiary/aromatic N) is 1. The molecule has 0 aromatic heterocycles. The Morgan fingerprint density at radius 3 is 1.37 bits per heavy atom. The minimum Gasteiger partial charge on any atom is -0.509 e. The monoisotopic (exact) mass is 404 g/mol. The number of hydrogen-bond acceptors (Lipinski definition) is 5. The number of carbonyl (C=O) groups is 1. The van der Waals surface area contributed by atoms with Crippen LogP contribution in [0.1, 0.15) is 48.5 Å². The smallest absolute Gasteiger partial charge is 0.107 e. The summed E-state index contributed by atoms with van der Waals surface area (Å²) in [5.41, 5.74) is 0.971. The molecule has 0 radical (unpaired) electrons. The molecular weight excluding hydrogens is 356 g/mol. The van der Waals surface area contributed by atoms with Crippen LogP contribution in [0.25, 0.3) is 0 Å². The summed E-state index contributed by atoms with van der Waals surface area (Å²) in [6.07, 6.45) is 7.07. The van der Waals surface area contributed by atoms with E-state index in [-0.39, 0.29) is 5.76 Å². The summed E-state index contributed by atoms with van der Waals surface area (Å²) in [5, 5.41) is 10.8. The minimum atomic E-state index is 0.0185. The van der Waals surface area contributed by atoms with E-state index in [0.717, 1.165) is 10.6 Å². The first-order valence-corrected chi connectivity index (χ1v) is 9.48. The highest BCUT2D eigenvalue weighted by Gasteiger charge is 1.87. The van der Waals surface area contributed by atoms with E-state index in [2.05, 4.69) is 37.7 Å². The van der Waals surface area contributed by atoms with Crippen molar-refractivity contribution in [1.82, 2.24) is 10.2 Å². The number of rotatable bonds is 4. The molecule has 0 saturated carbocycles. The number of likely N-dealkylation sites (N-methyl/N-ethyl adjacent to an activating group) is 1. The lowest BCUT2D eigenvalue weighted by atomic mass is 10.3. The van der Waals surface area contributed by atoms with Gasteiger partial charge in [-0.1, -0.05) is 67.4 Å². The zero-order valence-electron chi connectivity index (χ0n) is 19.9. The van der Waals surface area contributed by atoms with Gasteiger partial charge in [0, 0.05) is 19.8 Å². The fraction of sp³-hybridized carbons (Fsp3) is 0.500. The molecule has 0 bridgehead atoms. The van der Waals surface area contributed by atoms with E-state index in [1.165, 1.54) is 6.08 Å². The van der Waals surface area contributed by atoms with Crippen LogP contribution in [-0.4, -0.2) is 45.0 Å². The second kappa shape index (κ2) is 56.4. The Hall–Kier alpha value is -1.72. The number of aliphatic hydroxyl groups excluding tert-OH is 1. The van der Waals surface area contributed by atoms with Crippen molar-refractivity contribution in [3.8, 4) is 0 Å². The van der Waals surface area contributed by atoms with Gasteiger partial charge in [0.05, 0.1) is 0 Å². The highest BCUT2D eigenvalue weighted by atomic mass is 32.1. The van der Waals surface area contributed by atoms with Crippen molar-refractivity contribution in [3.63, 3.8) is 0 Å². The lowest BCUT2D eigenvalue weighted by Gasteiger charge is -2.10. The molecule has 2 N–H and O–H groups in total. The maximum Gasteiger partial charge on any atom is 0.107 e. The molecule has 0 aliphatic heterocycles. The average molecular weight is 405 g/mol. The summed E-state index contributed by atoms with van der Waals surface area (Å²) in [5.74, 6) is 0.0185. The second-order valence-electron chi connectivity index (χ2n) is 3.63. The molecule has 0 unspecified atom stereocenters. The Labute approximate surface area is 176 Å². The number of carbonyl (C=O) groups excluding carboxylic acids is 1. The highest BCUT2D eigenvalue weighted by molar-refractivity contribution is 7.84. The summed E-state index contributed by atoms with van der Waals surface area (Å²) in [6.45, 7) is 26.1. The van der Waals surface area contributed by atoms with Gasteiger partial charge in [0.15, 0.2) is 0 Å². The summed E-state index contributed by atoms with van der Waals surface area (Å²) in [6, 6.07) is 0. The van der Waals surface area contributed by atoms with Crippen molar-refractivity contribution < 1.29 is 9.90 Å². The predicted molar refractivity (Wildman–Crippen MR) is 133 cm³/mol. The molecule has 0 atom stereocenters. The fourth-order valence-corrected chi connectivity index (χ4v) is 0.501. The molecular formula is C22H48N2O2S. The number of allylic oxidation sites excluding steroid dienone is 4. The van der Waals surface area contributed by atoms with Crippen LogP contribution in [0.4, 0.5) is 0 Å². The Kier molecular flexibility index (Phi) is 93.1. The Balaban J connectivity index is -0.0000000420.